The van der Waals surface area contributed by atoms with Gasteiger partial charge in [0.15, 0.2) is 0 Å². The number of allylic oxidation sites excluding steroid dienone is 2. The van der Waals surface area contributed by atoms with Gasteiger partial charge in [-0.25, -0.2) is 0 Å². The van der Waals surface area contributed by atoms with Crippen LogP contribution in [-0.4, -0.2) is 56.3 Å². The van der Waals surface area contributed by atoms with Crippen LogP contribution >= 0.6 is 0 Å². The summed E-state index contributed by atoms with van der Waals surface area (Å²) >= 11 is 0. The van der Waals surface area contributed by atoms with Gasteiger partial charge < -0.3 is 18.0 Å². The van der Waals surface area contributed by atoms with Crippen LogP contribution in [0.25, 0.3) is 0 Å². The first-order valence-electron chi connectivity index (χ1n) is 22.3. The monoisotopic (exact) mass is 797 g/mol. The molecule has 5 nitrogen and oxygen atoms in total. The third kappa shape index (κ3) is 12.1. The second-order valence-electron chi connectivity index (χ2n) is 19.7. The number of hydrogen-bond donors (Lipinski definition) is 0. The largest absolute Gasteiger partial charge is 0.469 e. The normalized spacial score (nSPS) is 21.5. The highest BCUT2D eigenvalue weighted by Gasteiger charge is 2.55. The molecule has 5 atom stereocenters. The van der Waals surface area contributed by atoms with E-state index in [1.54, 1.807) is 0 Å². The molecule has 0 aliphatic heterocycles. The van der Waals surface area contributed by atoms with Gasteiger partial charge in [-0.1, -0.05) is 144 Å². The molecule has 1 saturated carbocycles. The molecule has 0 heterocycles. The Hall–Kier alpha value is -0.259. The number of hydrogen-bond acceptors (Lipinski definition) is 5. The zero-order valence-corrected chi connectivity index (χ0v) is 41.9. The molecule has 1 aliphatic carbocycles. The van der Waals surface area contributed by atoms with E-state index in [4.69, 9.17) is 18.0 Å². The zero-order valence-electron chi connectivity index (χ0n) is 38.9. The Morgan fingerprint density at radius 1 is 0.604 bits per heavy atom. The van der Waals surface area contributed by atoms with E-state index in [9.17, 15) is 4.79 Å². The molecule has 0 saturated heterocycles. The molecule has 1 rings (SSSR count). The summed E-state index contributed by atoms with van der Waals surface area (Å²) < 4.78 is 28.1. The smallest absolute Gasteiger partial charge is 0.305 e. The highest BCUT2D eigenvalue weighted by Crippen LogP contribution is 2.52. The summed E-state index contributed by atoms with van der Waals surface area (Å²) in [5, 5.41) is 0. The SMILES string of the molecule is CC[C@H](CC[C@@H]1[C@@H](C/C=C/CCCC(=O)OC)[C@@H](O[Si](C(C)C)(C(C)C)C(C)C)C[C@H]1O[Si](C(C)C)(C(C)C)C(C)C)O[Si](C(C)C)(C(C)C)C(C)C. The van der Waals surface area contributed by atoms with Crippen molar-refractivity contribution in [1.29, 1.82) is 0 Å². The van der Waals surface area contributed by atoms with Crippen LogP contribution in [0.4, 0.5) is 0 Å². The Kier molecular flexibility index (Phi) is 21.7. The predicted octanol–water partition coefficient (Wildman–Crippen LogP) is 14.8. The fourth-order valence-electron chi connectivity index (χ4n) is 11.7. The summed E-state index contributed by atoms with van der Waals surface area (Å²) in [7, 11) is -4.86. The van der Waals surface area contributed by atoms with E-state index >= 15 is 0 Å². The first-order valence-corrected chi connectivity index (χ1v) is 28.7. The van der Waals surface area contributed by atoms with Gasteiger partial charge in [-0.2, -0.15) is 0 Å². The van der Waals surface area contributed by atoms with E-state index in [0.29, 0.717) is 68.1 Å². The quantitative estimate of drug-likeness (QED) is 0.0399. The van der Waals surface area contributed by atoms with Crippen LogP contribution in [0.1, 0.15) is 183 Å². The topological polar surface area (TPSA) is 54.0 Å². The Morgan fingerprint density at radius 3 is 1.36 bits per heavy atom. The van der Waals surface area contributed by atoms with Gasteiger partial charge in [-0.05, 0) is 107 Å². The van der Waals surface area contributed by atoms with Crippen molar-refractivity contribution in [1.82, 2.24) is 0 Å². The maximum atomic E-state index is 11.8. The summed E-state index contributed by atoms with van der Waals surface area (Å²) in [6, 6.07) is 0. The second-order valence-corrected chi connectivity index (χ2v) is 36.0. The molecule has 0 unspecified atom stereocenters. The lowest BCUT2D eigenvalue weighted by Gasteiger charge is -2.46. The minimum absolute atomic E-state index is 0.125. The van der Waals surface area contributed by atoms with Gasteiger partial charge in [0.1, 0.15) is 0 Å². The predicted molar refractivity (Wildman–Crippen MR) is 239 cm³/mol. The first kappa shape index (κ1) is 50.8. The van der Waals surface area contributed by atoms with Gasteiger partial charge in [0.25, 0.3) is 0 Å². The number of esters is 1. The Bertz CT molecular complexity index is 1000. The van der Waals surface area contributed by atoms with Gasteiger partial charge >= 0.3 is 5.97 Å². The zero-order chi connectivity index (χ0) is 41.1. The van der Waals surface area contributed by atoms with E-state index in [2.05, 4.69) is 144 Å². The molecule has 0 radical (unpaired) electrons. The lowest BCUT2D eigenvalue weighted by molar-refractivity contribution is -0.140. The van der Waals surface area contributed by atoms with Crippen LogP contribution < -0.4 is 0 Å². The van der Waals surface area contributed by atoms with Crippen molar-refractivity contribution in [3.63, 3.8) is 0 Å². The number of rotatable bonds is 25. The minimum Gasteiger partial charge on any atom is -0.469 e. The minimum atomic E-state index is -2.16. The molecule has 0 bridgehead atoms. The van der Waals surface area contributed by atoms with E-state index in [1.807, 2.05) is 0 Å². The lowest BCUT2D eigenvalue weighted by atomic mass is 9.86. The molecule has 0 aromatic rings. The third-order valence-electron chi connectivity index (χ3n) is 14.0. The number of ether oxygens (including phenoxy) is 1. The molecule has 1 aliphatic rings. The van der Waals surface area contributed by atoms with Crippen molar-refractivity contribution < 1.29 is 22.8 Å². The van der Waals surface area contributed by atoms with Crippen LogP contribution in [0.5, 0.6) is 0 Å². The average Bonchev–Trinajstić information content (AvgIpc) is 3.36. The summed E-state index contributed by atoms with van der Waals surface area (Å²) in [6.07, 6.45) is 12.8. The molecular formula is C45H92O5Si3. The van der Waals surface area contributed by atoms with Gasteiger partial charge in [-0.15, -0.1) is 0 Å². The molecule has 0 spiro atoms. The maximum absolute atomic E-state index is 11.8. The average molecular weight is 797 g/mol. The molecule has 0 aromatic heterocycles. The van der Waals surface area contributed by atoms with Crippen molar-refractivity contribution in [3.8, 4) is 0 Å². The molecule has 1 fully saturated rings. The van der Waals surface area contributed by atoms with E-state index in [1.165, 1.54) is 7.11 Å². The van der Waals surface area contributed by atoms with Crippen molar-refractivity contribution in [3.05, 3.63) is 12.2 Å². The van der Waals surface area contributed by atoms with Crippen LogP contribution in [0.15, 0.2) is 12.2 Å². The van der Waals surface area contributed by atoms with Crippen molar-refractivity contribution in [2.45, 2.75) is 251 Å². The molecule has 0 amide bonds. The van der Waals surface area contributed by atoms with Crippen LogP contribution in [-0.2, 0) is 22.8 Å². The molecule has 314 valence electrons. The van der Waals surface area contributed by atoms with E-state index in [0.717, 1.165) is 44.9 Å². The van der Waals surface area contributed by atoms with E-state index in [-0.39, 0.29) is 24.3 Å². The third-order valence-corrected chi connectivity index (χ3v) is 32.4. The summed E-state index contributed by atoms with van der Waals surface area (Å²) in [5.74, 6) is 0.672. The molecule has 8 heteroatoms. The Balaban J connectivity index is 3.84. The number of methoxy groups -OCH3 is 1. The molecule has 0 aromatic carbocycles. The highest BCUT2D eigenvalue weighted by atomic mass is 28.4. The van der Waals surface area contributed by atoms with Gasteiger partial charge in [0, 0.05) is 12.5 Å². The Morgan fingerprint density at radius 2 is 1.00 bits per heavy atom. The van der Waals surface area contributed by atoms with Crippen molar-refractivity contribution in [2.75, 3.05) is 7.11 Å². The Labute approximate surface area is 334 Å². The molecular weight excluding hydrogens is 705 g/mol. The fraction of sp³-hybridized carbons (Fsp3) is 0.933. The van der Waals surface area contributed by atoms with Gasteiger partial charge in [-0.3, -0.25) is 4.79 Å². The van der Waals surface area contributed by atoms with E-state index < -0.39 is 25.0 Å². The number of carbonyl (C=O) groups is 1. The highest BCUT2D eigenvalue weighted by molar-refractivity contribution is 6.78. The van der Waals surface area contributed by atoms with Crippen molar-refractivity contribution >= 4 is 30.9 Å². The second kappa shape index (κ2) is 22.6. The van der Waals surface area contributed by atoms with Gasteiger partial charge in [0.2, 0.25) is 25.0 Å². The standard InChI is InChI=1S/C45H92O5Si3/c1-21-40(48-51(31(2)3,32(4)5)33(6)7)28-29-42-41(26-24-22-23-25-27-45(46)47-20)43(49-52(34(8)9,35(10)11)36(12)13)30-44(42)50-53(37(14)15,38(16)17)39(18)19/h22,24,31-44H,21,23,25-30H2,1-20H3/b24-22+/t40-,41-,42-,43+,44-/m1/s1. The lowest BCUT2D eigenvalue weighted by Crippen LogP contribution is -2.51. The maximum Gasteiger partial charge on any atom is 0.305 e. The fourth-order valence-corrected chi connectivity index (χ4v) is 28.6. The van der Waals surface area contributed by atoms with Crippen LogP contribution in [0.2, 0.25) is 49.9 Å². The van der Waals surface area contributed by atoms with Crippen LogP contribution in [0, 0.1) is 11.8 Å². The van der Waals surface area contributed by atoms with Gasteiger partial charge in [0.05, 0.1) is 19.3 Å². The summed E-state index contributed by atoms with van der Waals surface area (Å²) in [6.45, 7) is 46.0. The summed E-state index contributed by atoms with van der Waals surface area (Å²) in [4.78, 5) is 11.8. The number of carbonyl (C=O) groups excluding carboxylic acids is 1. The summed E-state index contributed by atoms with van der Waals surface area (Å²) in [5.41, 5.74) is 4.93. The molecule has 53 heavy (non-hydrogen) atoms. The first-order chi connectivity index (χ1) is 24.5. The van der Waals surface area contributed by atoms with Crippen molar-refractivity contribution in [2.24, 2.45) is 11.8 Å². The number of unbranched alkanes of at least 4 members (excludes halogenated alkanes) is 1. The van der Waals surface area contributed by atoms with Crippen LogP contribution in [0.3, 0.4) is 0 Å². The molecule has 0 N–H and O–H groups in total.